The van der Waals surface area contributed by atoms with Crippen molar-refractivity contribution in [1.29, 1.82) is 0 Å². The second-order valence-corrected chi connectivity index (χ2v) is 13.7. The molecule has 1 saturated heterocycles. The molecule has 0 bridgehead atoms. The molecular weight excluding hydrogens is 552 g/mol. The molecule has 10 nitrogen and oxygen atoms in total. The summed E-state index contributed by atoms with van der Waals surface area (Å²) in [5.74, 6) is -0.375. The van der Waals surface area contributed by atoms with Gasteiger partial charge in [-0.2, -0.15) is 0 Å². The van der Waals surface area contributed by atoms with E-state index in [-0.39, 0.29) is 30.3 Å². The largest absolute Gasteiger partial charge is 0.375 e. The van der Waals surface area contributed by atoms with Crippen molar-refractivity contribution >= 4 is 32.9 Å². The highest BCUT2D eigenvalue weighted by Crippen LogP contribution is 2.47. The third-order valence-corrected chi connectivity index (χ3v) is 10.2. The molecule has 2 heterocycles. The molecule has 1 amide bonds. The van der Waals surface area contributed by atoms with E-state index in [4.69, 9.17) is 4.74 Å². The molecule has 40 heavy (non-hydrogen) atoms. The summed E-state index contributed by atoms with van der Waals surface area (Å²) in [6.45, 7) is 2.06. The van der Waals surface area contributed by atoms with Crippen LogP contribution in [0.2, 0.25) is 0 Å². The van der Waals surface area contributed by atoms with Gasteiger partial charge in [-0.3, -0.25) is 13.7 Å². The lowest BCUT2D eigenvalue weighted by molar-refractivity contribution is -0.136. The quantitative estimate of drug-likeness (QED) is 0.241. The minimum Gasteiger partial charge on any atom is -0.375 e. The number of piperidine rings is 1. The van der Waals surface area contributed by atoms with Crippen LogP contribution in [0.1, 0.15) is 43.2 Å². The van der Waals surface area contributed by atoms with Gasteiger partial charge in [0.05, 0.1) is 24.7 Å². The van der Waals surface area contributed by atoms with Gasteiger partial charge in [-0.05, 0) is 55.8 Å². The summed E-state index contributed by atoms with van der Waals surface area (Å²) < 4.78 is 57.7. The third kappa shape index (κ3) is 7.10. The number of anilines is 1. The van der Waals surface area contributed by atoms with Gasteiger partial charge < -0.3 is 15.0 Å². The van der Waals surface area contributed by atoms with E-state index in [0.29, 0.717) is 51.5 Å². The van der Waals surface area contributed by atoms with Gasteiger partial charge in [-0.25, -0.2) is 17.3 Å². The highest BCUT2D eigenvalue weighted by atomic mass is 32.2. The zero-order valence-corrected chi connectivity index (χ0v) is 24.2. The molecule has 2 atom stereocenters. The summed E-state index contributed by atoms with van der Waals surface area (Å²) in [7, 11) is -3.70. The Morgan fingerprint density at radius 1 is 1.10 bits per heavy atom. The van der Waals surface area contributed by atoms with Crippen LogP contribution >= 0.6 is 0 Å². The summed E-state index contributed by atoms with van der Waals surface area (Å²) in [4.78, 5) is 15.4. The average Bonchev–Trinajstić information content (AvgIpc) is 3.73. The van der Waals surface area contributed by atoms with E-state index >= 15 is 0 Å². The molecule has 0 aromatic heterocycles. The van der Waals surface area contributed by atoms with Crippen LogP contribution in [-0.2, 0) is 42.8 Å². The molecule has 3 N–H and O–H groups in total. The van der Waals surface area contributed by atoms with Crippen LogP contribution in [-0.4, -0.2) is 78.6 Å². The van der Waals surface area contributed by atoms with E-state index in [1.807, 2.05) is 54.6 Å². The number of carbonyl (C=O) groups is 1. The van der Waals surface area contributed by atoms with Gasteiger partial charge in [-0.1, -0.05) is 48.5 Å². The topological polar surface area (TPSA) is 128 Å². The SMILES string of the molecule is O=C([C@@H](COCc1ccccc1)NS(=O)(=O)CCCNC1CC1)N1CCC2(CC1)CN(S(=O)O)c1ccccc12. The second-order valence-electron chi connectivity index (χ2n) is 11.0. The fourth-order valence-corrected chi connectivity index (χ4v) is 7.61. The minimum atomic E-state index is -3.70. The Bertz CT molecular complexity index is 1300. The number of para-hydroxylation sites is 1. The number of sulfonamides is 1. The average molecular weight is 591 g/mol. The van der Waals surface area contributed by atoms with E-state index in [0.717, 1.165) is 29.7 Å². The van der Waals surface area contributed by atoms with Crippen molar-refractivity contribution in [3.05, 3.63) is 65.7 Å². The molecule has 3 aliphatic rings. The van der Waals surface area contributed by atoms with Gasteiger partial charge in [0, 0.05) is 31.1 Å². The molecule has 2 aliphatic heterocycles. The van der Waals surface area contributed by atoms with E-state index in [1.54, 1.807) is 4.90 Å². The predicted molar refractivity (Wildman–Crippen MR) is 155 cm³/mol. The zero-order chi connectivity index (χ0) is 28.2. The fraction of sp³-hybridized carbons (Fsp3) is 0.536. The fourth-order valence-electron chi connectivity index (χ4n) is 5.68. The molecular formula is C28H38N4O6S2. The van der Waals surface area contributed by atoms with Crippen molar-refractivity contribution in [1.82, 2.24) is 14.9 Å². The van der Waals surface area contributed by atoms with E-state index < -0.39 is 27.3 Å². The minimum absolute atomic E-state index is 0.0663. The van der Waals surface area contributed by atoms with Gasteiger partial charge >= 0.3 is 0 Å². The Hall–Kier alpha value is -2.35. The number of nitrogens with zero attached hydrogens (tertiary/aromatic N) is 2. The van der Waals surface area contributed by atoms with Crippen LogP contribution in [0.4, 0.5) is 5.69 Å². The van der Waals surface area contributed by atoms with Crippen LogP contribution in [0.3, 0.4) is 0 Å². The zero-order valence-electron chi connectivity index (χ0n) is 22.5. The van der Waals surface area contributed by atoms with Crippen molar-refractivity contribution in [2.45, 2.75) is 56.2 Å². The standard InChI is InChI=1S/C28H38N4O6S2/c33-27(31-16-13-28(14-17-31)21-32(39(34)35)26-10-5-4-9-24(26)28)25(20-38-19-22-7-2-1-3-8-22)30-40(36,37)18-6-15-29-23-11-12-23/h1-5,7-10,23,25,29-30H,6,11-21H2,(H,34,35)/t25-/m1/s1. The van der Waals surface area contributed by atoms with Crippen LogP contribution < -0.4 is 14.3 Å². The lowest BCUT2D eigenvalue weighted by Gasteiger charge is -2.40. The van der Waals surface area contributed by atoms with Crippen LogP contribution in [0.15, 0.2) is 54.6 Å². The summed E-state index contributed by atoms with van der Waals surface area (Å²) >= 11 is -2.13. The van der Waals surface area contributed by atoms with E-state index in [1.165, 1.54) is 4.31 Å². The Labute approximate surface area is 238 Å². The number of rotatable bonds is 13. The maximum atomic E-state index is 13.7. The maximum Gasteiger partial charge on any atom is 0.261 e. The first kappa shape index (κ1) is 29.2. The molecule has 1 unspecified atom stereocenters. The third-order valence-electron chi connectivity index (χ3n) is 8.03. The Morgan fingerprint density at radius 2 is 1.80 bits per heavy atom. The Morgan fingerprint density at radius 3 is 2.50 bits per heavy atom. The smallest absolute Gasteiger partial charge is 0.261 e. The normalized spacial score (nSPS) is 19.9. The van der Waals surface area contributed by atoms with E-state index in [9.17, 15) is 22.0 Å². The molecule has 0 radical (unpaired) electrons. The first-order chi connectivity index (χ1) is 19.3. The highest BCUT2D eigenvalue weighted by Gasteiger charge is 2.47. The summed E-state index contributed by atoms with van der Waals surface area (Å²) in [6.07, 6.45) is 3.96. The summed E-state index contributed by atoms with van der Waals surface area (Å²) in [6, 6.07) is 16.6. The summed E-state index contributed by atoms with van der Waals surface area (Å²) in [5, 5.41) is 3.32. The molecule has 1 saturated carbocycles. The molecule has 2 aromatic carbocycles. The monoisotopic (exact) mass is 590 g/mol. The first-order valence-electron chi connectivity index (χ1n) is 13.9. The van der Waals surface area contributed by atoms with Crippen molar-refractivity contribution in [3.8, 4) is 0 Å². The number of amides is 1. The lowest BCUT2D eigenvalue weighted by atomic mass is 9.74. The van der Waals surface area contributed by atoms with Crippen molar-refractivity contribution in [2.24, 2.45) is 0 Å². The lowest BCUT2D eigenvalue weighted by Crippen LogP contribution is -2.55. The van der Waals surface area contributed by atoms with Crippen molar-refractivity contribution in [2.75, 3.05) is 42.8 Å². The Balaban J connectivity index is 1.23. The highest BCUT2D eigenvalue weighted by molar-refractivity contribution is 7.89. The molecule has 2 fully saturated rings. The van der Waals surface area contributed by atoms with Crippen LogP contribution in [0, 0.1) is 0 Å². The predicted octanol–water partition coefficient (Wildman–Crippen LogP) is 2.15. The molecule has 218 valence electrons. The van der Waals surface area contributed by atoms with Gasteiger partial charge in [0.2, 0.25) is 15.9 Å². The number of carbonyl (C=O) groups excluding carboxylic acids is 1. The summed E-state index contributed by atoms with van der Waals surface area (Å²) in [5.41, 5.74) is 2.37. The number of likely N-dealkylation sites (tertiary alicyclic amines) is 1. The number of ether oxygens (including phenoxy) is 1. The number of hydrogen-bond donors (Lipinski definition) is 3. The van der Waals surface area contributed by atoms with Gasteiger partial charge in [0.15, 0.2) is 0 Å². The molecule has 1 aliphatic carbocycles. The van der Waals surface area contributed by atoms with Crippen LogP contribution in [0.5, 0.6) is 0 Å². The Kier molecular flexibility index (Phi) is 9.23. The molecule has 5 rings (SSSR count). The van der Waals surface area contributed by atoms with Crippen molar-refractivity contribution < 1.29 is 26.7 Å². The van der Waals surface area contributed by atoms with Gasteiger partial charge in [0.1, 0.15) is 6.04 Å². The van der Waals surface area contributed by atoms with Crippen LogP contribution in [0.25, 0.3) is 0 Å². The maximum absolute atomic E-state index is 13.7. The second kappa shape index (κ2) is 12.7. The number of nitrogens with one attached hydrogen (secondary N) is 2. The van der Waals surface area contributed by atoms with Crippen molar-refractivity contribution in [3.63, 3.8) is 0 Å². The molecule has 12 heteroatoms. The molecule has 2 aromatic rings. The van der Waals surface area contributed by atoms with Gasteiger partial charge in [-0.15, -0.1) is 0 Å². The number of benzene rings is 2. The van der Waals surface area contributed by atoms with E-state index in [2.05, 4.69) is 10.0 Å². The van der Waals surface area contributed by atoms with Gasteiger partial charge in [0.25, 0.3) is 11.3 Å². The molecule has 1 spiro atoms. The first-order valence-corrected chi connectivity index (χ1v) is 16.6. The number of hydrogen-bond acceptors (Lipinski definition) is 6. The number of fused-ring (bicyclic) bond motifs is 2.